The number of carboxylic acid groups (broad SMARTS) is 1. The van der Waals surface area contributed by atoms with Gasteiger partial charge < -0.3 is 20.5 Å². The SMILES string of the molecule is Nc1cc(C(=O)O)sc1N1CCOCC1. The van der Waals surface area contributed by atoms with Gasteiger partial charge >= 0.3 is 5.97 Å². The molecule has 0 amide bonds. The van der Waals surface area contributed by atoms with E-state index in [0.29, 0.717) is 18.9 Å². The molecule has 0 aliphatic carbocycles. The van der Waals surface area contributed by atoms with Crippen LogP contribution < -0.4 is 10.6 Å². The summed E-state index contributed by atoms with van der Waals surface area (Å²) in [6, 6.07) is 1.51. The Kier molecular flexibility index (Phi) is 2.79. The Morgan fingerprint density at radius 3 is 2.73 bits per heavy atom. The van der Waals surface area contributed by atoms with Gasteiger partial charge in [-0.2, -0.15) is 0 Å². The molecule has 0 aromatic carbocycles. The maximum atomic E-state index is 10.8. The summed E-state index contributed by atoms with van der Waals surface area (Å²) >= 11 is 1.22. The molecule has 1 fully saturated rings. The van der Waals surface area contributed by atoms with E-state index in [1.165, 1.54) is 17.4 Å². The van der Waals surface area contributed by atoms with Crippen LogP contribution in [0.2, 0.25) is 0 Å². The molecule has 3 N–H and O–H groups in total. The molecule has 0 spiro atoms. The molecule has 5 nitrogen and oxygen atoms in total. The number of hydrogen-bond donors (Lipinski definition) is 2. The van der Waals surface area contributed by atoms with E-state index in [4.69, 9.17) is 15.6 Å². The van der Waals surface area contributed by atoms with Gasteiger partial charge in [0.1, 0.15) is 9.88 Å². The van der Waals surface area contributed by atoms with Crippen LogP contribution in [0.15, 0.2) is 6.07 Å². The molecule has 1 aliphatic heterocycles. The van der Waals surface area contributed by atoms with E-state index in [9.17, 15) is 4.79 Å². The van der Waals surface area contributed by atoms with Gasteiger partial charge in [-0.05, 0) is 6.07 Å². The fourth-order valence-corrected chi connectivity index (χ4v) is 2.48. The van der Waals surface area contributed by atoms with Gasteiger partial charge in [0.05, 0.1) is 18.9 Å². The Balaban J connectivity index is 2.22. The van der Waals surface area contributed by atoms with Crippen molar-refractivity contribution in [1.82, 2.24) is 0 Å². The molecule has 0 bridgehead atoms. The molecule has 0 unspecified atom stereocenters. The van der Waals surface area contributed by atoms with E-state index in [1.54, 1.807) is 0 Å². The minimum atomic E-state index is -0.925. The second kappa shape index (κ2) is 4.08. The van der Waals surface area contributed by atoms with E-state index in [0.717, 1.165) is 18.1 Å². The van der Waals surface area contributed by atoms with E-state index >= 15 is 0 Å². The fraction of sp³-hybridized carbons (Fsp3) is 0.444. The zero-order valence-corrected chi connectivity index (χ0v) is 8.92. The highest BCUT2D eigenvalue weighted by molar-refractivity contribution is 7.18. The number of carbonyl (C=O) groups is 1. The van der Waals surface area contributed by atoms with Crippen molar-refractivity contribution >= 4 is 28.0 Å². The second-order valence-corrected chi connectivity index (χ2v) is 4.31. The van der Waals surface area contributed by atoms with Crippen molar-refractivity contribution in [3.63, 3.8) is 0 Å². The van der Waals surface area contributed by atoms with Gasteiger partial charge in [-0.3, -0.25) is 0 Å². The molecule has 1 aromatic rings. The number of anilines is 2. The smallest absolute Gasteiger partial charge is 0.346 e. The Bertz CT molecular complexity index is 371. The summed E-state index contributed by atoms with van der Waals surface area (Å²) in [6.45, 7) is 2.87. The van der Waals surface area contributed by atoms with Gasteiger partial charge in [-0.1, -0.05) is 0 Å². The first-order chi connectivity index (χ1) is 7.18. The first kappa shape index (κ1) is 10.3. The number of aromatic carboxylic acids is 1. The lowest BCUT2D eigenvalue weighted by atomic mass is 10.3. The van der Waals surface area contributed by atoms with E-state index in [2.05, 4.69) is 4.90 Å². The van der Waals surface area contributed by atoms with Crippen molar-refractivity contribution in [3.05, 3.63) is 10.9 Å². The quantitative estimate of drug-likeness (QED) is 0.785. The van der Waals surface area contributed by atoms with E-state index in [-0.39, 0.29) is 4.88 Å². The van der Waals surface area contributed by atoms with Gasteiger partial charge in [0.25, 0.3) is 0 Å². The largest absolute Gasteiger partial charge is 0.477 e. The van der Waals surface area contributed by atoms with Crippen molar-refractivity contribution in [2.24, 2.45) is 0 Å². The predicted octanol–water partition coefficient (Wildman–Crippen LogP) is 0.865. The third-order valence-corrected chi connectivity index (χ3v) is 3.45. The lowest BCUT2D eigenvalue weighted by Gasteiger charge is -2.27. The van der Waals surface area contributed by atoms with Gasteiger partial charge in [-0.15, -0.1) is 11.3 Å². The van der Waals surface area contributed by atoms with Gasteiger partial charge in [0.15, 0.2) is 0 Å². The summed E-state index contributed by atoms with van der Waals surface area (Å²) in [5.41, 5.74) is 6.32. The number of nitrogen functional groups attached to an aromatic ring is 1. The van der Waals surface area contributed by atoms with Crippen LogP contribution in [0.1, 0.15) is 9.67 Å². The molecule has 2 heterocycles. The number of nitrogens with two attached hydrogens (primary N) is 1. The number of ether oxygens (including phenoxy) is 1. The van der Waals surface area contributed by atoms with Gasteiger partial charge in [-0.25, -0.2) is 4.79 Å². The molecule has 0 saturated carbocycles. The summed E-state index contributed by atoms with van der Waals surface area (Å²) in [6.07, 6.45) is 0. The first-order valence-electron chi connectivity index (χ1n) is 4.64. The topological polar surface area (TPSA) is 75.8 Å². The normalized spacial score (nSPS) is 16.7. The summed E-state index contributed by atoms with van der Waals surface area (Å²) in [7, 11) is 0. The molecule has 2 rings (SSSR count). The van der Waals surface area contributed by atoms with Crippen molar-refractivity contribution in [2.45, 2.75) is 0 Å². The molecule has 0 radical (unpaired) electrons. The van der Waals surface area contributed by atoms with Crippen molar-refractivity contribution in [2.75, 3.05) is 36.9 Å². The third-order valence-electron chi connectivity index (χ3n) is 2.25. The maximum Gasteiger partial charge on any atom is 0.346 e. The third kappa shape index (κ3) is 2.05. The molecule has 1 aromatic heterocycles. The van der Waals surface area contributed by atoms with Crippen LogP contribution in [0.4, 0.5) is 10.7 Å². The van der Waals surface area contributed by atoms with Crippen LogP contribution in [0.25, 0.3) is 0 Å². The average Bonchev–Trinajstić information content (AvgIpc) is 2.62. The van der Waals surface area contributed by atoms with Gasteiger partial charge in [0.2, 0.25) is 0 Å². The lowest BCUT2D eigenvalue weighted by molar-refractivity contribution is 0.0702. The molecule has 6 heteroatoms. The number of nitrogens with zero attached hydrogens (tertiary/aromatic N) is 1. The van der Waals surface area contributed by atoms with Crippen LogP contribution in [-0.4, -0.2) is 37.4 Å². The molecule has 1 saturated heterocycles. The molecular weight excluding hydrogens is 216 g/mol. The minimum absolute atomic E-state index is 0.286. The summed E-state index contributed by atoms with van der Waals surface area (Å²) in [5.74, 6) is -0.925. The Hall–Kier alpha value is -1.27. The number of rotatable bonds is 2. The van der Waals surface area contributed by atoms with Crippen molar-refractivity contribution in [3.8, 4) is 0 Å². The molecule has 1 aliphatic rings. The zero-order valence-electron chi connectivity index (χ0n) is 8.10. The van der Waals surface area contributed by atoms with Crippen LogP contribution >= 0.6 is 11.3 Å². The molecule has 15 heavy (non-hydrogen) atoms. The second-order valence-electron chi connectivity index (χ2n) is 3.28. The Morgan fingerprint density at radius 2 is 2.20 bits per heavy atom. The number of morpholine rings is 1. The number of thiophene rings is 1. The average molecular weight is 228 g/mol. The van der Waals surface area contributed by atoms with Gasteiger partial charge in [0, 0.05) is 13.1 Å². The summed E-state index contributed by atoms with van der Waals surface area (Å²) < 4.78 is 5.22. The number of carboxylic acids is 1. The van der Waals surface area contributed by atoms with E-state index in [1.807, 2.05) is 0 Å². The zero-order chi connectivity index (χ0) is 10.8. The monoisotopic (exact) mass is 228 g/mol. The number of hydrogen-bond acceptors (Lipinski definition) is 5. The lowest BCUT2D eigenvalue weighted by Crippen LogP contribution is -2.36. The van der Waals surface area contributed by atoms with Crippen molar-refractivity contribution in [1.29, 1.82) is 0 Å². The first-order valence-corrected chi connectivity index (χ1v) is 5.45. The summed E-state index contributed by atoms with van der Waals surface area (Å²) in [5, 5.41) is 9.68. The highest BCUT2D eigenvalue weighted by Crippen LogP contribution is 2.34. The van der Waals surface area contributed by atoms with Crippen LogP contribution in [-0.2, 0) is 4.74 Å². The highest BCUT2D eigenvalue weighted by atomic mass is 32.1. The summed E-state index contributed by atoms with van der Waals surface area (Å²) in [4.78, 5) is 13.1. The predicted molar refractivity (Wildman–Crippen MR) is 58.7 cm³/mol. The highest BCUT2D eigenvalue weighted by Gasteiger charge is 2.18. The van der Waals surface area contributed by atoms with Crippen molar-refractivity contribution < 1.29 is 14.6 Å². The van der Waals surface area contributed by atoms with E-state index < -0.39 is 5.97 Å². The Labute approximate surface area is 91.1 Å². The fourth-order valence-electron chi connectivity index (χ4n) is 1.51. The standard InChI is InChI=1S/C9H12N2O3S/c10-6-5-7(9(12)13)15-8(6)11-1-3-14-4-2-11/h5H,1-4,10H2,(H,12,13). The van der Waals surface area contributed by atoms with Crippen LogP contribution in [0.3, 0.4) is 0 Å². The van der Waals surface area contributed by atoms with Crippen LogP contribution in [0.5, 0.6) is 0 Å². The minimum Gasteiger partial charge on any atom is -0.477 e. The molecule has 82 valence electrons. The molecule has 0 atom stereocenters. The Morgan fingerprint density at radius 1 is 1.53 bits per heavy atom. The maximum absolute atomic E-state index is 10.8. The molecular formula is C9H12N2O3S. The van der Waals surface area contributed by atoms with Crippen LogP contribution in [0, 0.1) is 0 Å².